The van der Waals surface area contributed by atoms with Crippen molar-refractivity contribution in [2.75, 3.05) is 25.5 Å². The van der Waals surface area contributed by atoms with Crippen LogP contribution < -0.4 is 5.32 Å². The lowest BCUT2D eigenvalue weighted by atomic mass is 10.1. The Morgan fingerprint density at radius 2 is 2.14 bits per heavy atom. The summed E-state index contributed by atoms with van der Waals surface area (Å²) < 4.78 is 9.55. The van der Waals surface area contributed by atoms with E-state index in [4.69, 9.17) is 4.74 Å². The van der Waals surface area contributed by atoms with Gasteiger partial charge in [0.15, 0.2) is 0 Å². The van der Waals surface area contributed by atoms with Gasteiger partial charge in [0.05, 0.1) is 0 Å². The molecule has 1 N–H and O–H groups in total. The molecular weight excluding hydrogens is 288 g/mol. The van der Waals surface area contributed by atoms with Gasteiger partial charge in [0.1, 0.15) is 11.4 Å². The van der Waals surface area contributed by atoms with Crippen LogP contribution in [0.4, 0.5) is 9.93 Å². The van der Waals surface area contributed by atoms with Gasteiger partial charge in [0, 0.05) is 38.1 Å². The lowest BCUT2D eigenvalue weighted by Crippen LogP contribution is -2.37. The van der Waals surface area contributed by atoms with Crippen LogP contribution in [0.1, 0.15) is 40.4 Å². The first-order valence-corrected chi connectivity index (χ1v) is 7.99. The number of nitrogens with zero attached hydrogens (tertiary/aromatic N) is 3. The Balaban J connectivity index is 2.35. The third kappa shape index (κ3) is 6.75. The van der Waals surface area contributed by atoms with E-state index in [1.54, 1.807) is 11.9 Å². The number of nitrogens with one attached hydrogen (secondary N) is 1. The van der Waals surface area contributed by atoms with Crippen molar-refractivity contribution >= 4 is 22.8 Å². The number of carbonyl (C=O) groups excluding carboxylic acids is 1. The maximum Gasteiger partial charge on any atom is 0.410 e. The quantitative estimate of drug-likeness (QED) is 0.874. The minimum absolute atomic E-state index is 0.288. The predicted molar refractivity (Wildman–Crippen MR) is 85.8 cm³/mol. The summed E-state index contributed by atoms with van der Waals surface area (Å²) >= 11 is 1.37. The molecule has 120 valence electrons. The number of anilines is 1. The molecule has 0 aromatic carbocycles. The standard InChI is InChI=1S/C14H26N4O2S/c1-7-11-16-12(21-17-11)15-8-10(2)9-18(6)13(19)20-14(3,4)5/h10H,7-9H2,1-6H3,(H,15,16,17). The zero-order valence-corrected chi connectivity index (χ0v) is 14.6. The van der Waals surface area contributed by atoms with Gasteiger partial charge >= 0.3 is 6.09 Å². The summed E-state index contributed by atoms with van der Waals surface area (Å²) in [4.78, 5) is 17.8. The molecule has 0 radical (unpaired) electrons. The second-order valence-corrected chi connectivity index (χ2v) is 6.97. The monoisotopic (exact) mass is 314 g/mol. The molecular formula is C14H26N4O2S. The van der Waals surface area contributed by atoms with Crippen LogP contribution in [0.3, 0.4) is 0 Å². The Labute approximate surface area is 131 Å². The minimum atomic E-state index is -0.462. The molecule has 0 aliphatic rings. The molecule has 7 heteroatoms. The van der Waals surface area contributed by atoms with Crippen molar-refractivity contribution in [1.29, 1.82) is 0 Å². The van der Waals surface area contributed by atoms with Crippen LogP contribution in [0.2, 0.25) is 0 Å². The highest BCUT2D eigenvalue weighted by Crippen LogP contribution is 2.13. The van der Waals surface area contributed by atoms with E-state index in [0.717, 1.165) is 23.9 Å². The van der Waals surface area contributed by atoms with Crippen molar-refractivity contribution in [2.24, 2.45) is 5.92 Å². The van der Waals surface area contributed by atoms with E-state index in [0.29, 0.717) is 6.54 Å². The number of amides is 1. The molecule has 1 amide bonds. The van der Waals surface area contributed by atoms with Crippen LogP contribution in [0.5, 0.6) is 0 Å². The van der Waals surface area contributed by atoms with E-state index in [1.165, 1.54) is 11.5 Å². The number of ether oxygens (including phenoxy) is 1. The first kappa shape index (κ1) is 17.7. The van der Waals surface area contributed by atoms with Gasteiger partial charge in [-0.25, -0.2) is 9.78 Å². The summed E-state index contributed by atoms with van der Waals surface area (Å²) in [5.41, 5.74) is -0.462. The minimum Gasteiger partial charge on any atom is -0.444 e. The molecule has 1 aromatic heterocycles. The van der Waals surface area contributed by atoms with Gasteiger partial charge in [0.25, 0.3) is 0 Å². The first-order valence-electron chi connectivity index (χ1n) is 7.21. The molecule has 1 heterocycles. The zero-order valence-electron chi connectivity index (χ0n) is 13.8. The second kappa shape index (κ2) is 7.59. The predicted octanol–water partition coefficient (Wildman–Crippen LogP) is 3.02. The third-order valence-electron chi connectivity index (χ3n) is 2.68. The van der Waals surface area contributed by atoms with E-state index >= 15 is 0 Å². The summed E-state index contributed by atoms with van der Waals surface area (Å²) in [5, 5.41) is 4.09. The molecule has 1 atom stereocenters. The van der Waals surface area contributed by atoms with Crippen LogP contribution in [0.25, 0.3) is 0 Å². The highest BCUT2D eigenvalue weighted by molar-refractivity contribution is 7.09. The Bertz CT molecular complexity index is 456. The van der Waals surface area contributed by atoms with Gasteiger partial charge in [0.2, 0.25) is 5.13 Å². The zero-order chi connectivity index (χ0) is 16.0. The topological polar surface area (TPSA) is 67.4 Å². The molecule has 21 heavy (non-hydrogen) atoms. The summed E-state index contributed by atoms with van der Waals surface area (Å²) in [5.74, 6) is 1.15. The summed E-state index contributed by atoms with van der Waals surface area (Å²) in [7, 11) is 1.75. The Hall–Kier alpha value is -1.37. The molecule has 1 aromatic rings. The highest BCUT2D eigenvalue weighted by atomic mass is 32.1. The number of hydrogen-bond donors (Lipinski definition) is 1. The fraction of sp³-hybridized carbons (Fsp3) is 0.786. The van der Waals surface area contributed by atoms with Crippen LogP contribution in [0.15, 0.2) is 0 Å². The van der Waals surface area contributed by atoms with Gasteiger partial charge in [-0.2, -0.15) is 4.37 Å². The van der Waals surface area contributed by atoms with Crippen molar-refractivity contribution < 1.29 is 9.53 Å². The Kier molecular flexibility index (Phi) is 6.39. The van der Waals surface area contributed by atoms with Gasteiger partial charge in [-0.05, 0) is 26.7 Å². The molecule has 1 unspecified atom stereocenters. The van der Waals surface area contributed by atoms with Gasteiger partial charge in [-0.3, -0.25) is 0 Å². The van der Waals surface area contributed by atoms with Crippen molar-refractivity contribution in [3.63, 3.8) is 0 Å². The van der Waals surface area contributed by atoms with E-state index in [-0.39, 0.29) is 12.0 Å². The molecule has 1 rings (SSSR count). The molecule has 0 aliphatic carbocycles. The van der Waals surface area contributed by atoms with Gasteiger partial charge in [-0.1, -0.05) is 13.8 Å². The summed E-state index contributed by atoms with van der Waals surface area (Å²) in [6, 6.07) is 0. The average molecular weight is 314 g/mol. The molecule has 0 saturated heterocycles. The smallest absolute Gasteiger partial charge is 0.410 e. The van der Waals surface area contributed by atoms with Crippen molar-refractivity contribution in [2.45, 2.75) is 46.6 Å². The fourth-order valence-corrected chi connectivity index (χ4v) is 2.33. The van der Waals surface area contributed by atoms with Crippen LogP contribution in [0, 0.1) is 5.92 Å². The van der Waals surface area contributed by atoms with E-state index in [1.807, 2.05) is 27.7 Å². The number of aromatic nitrogens is 2. The van der Waals surface area contributed by atoms with Crippen LogP contribution in [-0.2, 0) is 11.2 Å². The molecule has 0 spiro atoms. The fourth-order valence-electron chi connectivity index (χ4n) is 1.68. The average Bonchev–Trinajstić information content (AvgIpc) is 2.82. The van der Waals surface area contributed by atoms with E-state index in [2.05, 4.69) is 21.6 Å². The first-order chi connectivity index (χ1) is 9.71. The number of hydrogen-bond acceptors (Lipinski definition) is 6. The van der Waals surface area contributed by atoms with Crippen molar-refractivity contribution in [3.05, 3.63) is 5.82 Å². The van der Waals surface area contributed by atoms with Crippen LogP contribution in [-0.4, -0.2) is 46.1 Å². The largest absolute Gasteiger partial charge is 0.444 e. The Morgan fingerprint density at radius 3 is 2.67 bits per heavy atom. The maximum absolute atomic E-state index is 11.9. The van der Waals surface area contributed by atoms with Crippen molar-refractivity contribution in [1.82, 2.24) is 14.3 Å². The van der Waals surface area contributed by atoms with Crippen LogP contribution >= 0.6 is 11.5 Å². The van der Waals surface area contributed by atoms with Gasteiger partial charge < -0.3 is 15.0 Å². The molecule has 0 aliphatic heterocycles. The number of aryl methyl sites for hydroxylation is 1. The maximum atomic E-state index is 11.9. The lowest BCUT2D eigenvalue weighted by Gasteiger charge is -2.26. The molecule has 6 nitrogen and oxygen atoms in total. The van der Waals surface area contributed by atoms with Crippen molar-refractivity contribution in [3.8, 4) is 0 Å². The van der Waals surface area contributed by atoms with E-state index in [9.17, 15) is 4.79 Å². The molecule has 0 fully saturated rings. The number of carbonyl (C=O) groups is 1. The van der Waals surface area contributed by atoms with E-state index < -0.39 is 5.60 Å². The summed E-state index contributed by atoms with van der Waals surface area (Å²) in [6.45, 7) is 11.1. The lowest BCUT2D eigenvalue weighted by molar-refractivity contribution is 0.0279. The highest BCUT2D eigenvalue weighted by Gasteiger charge is 2.20. The normalized spacial score (nSPS) is 12.9. The Morgan fingerprint density at radius 1 is 1.48 bits per heavy atom. The van der Waals surface area contributed by atoms with Gasteiger partial charge in [-0.15, -0.1) is 0 Å². The molecule has 0 saturated carbocycles. The summed E-state index contributed by atoms with van der Waals surface area (Å²) in [6.07, 6.45) is 0.549. The number of rotatable bonds is 6. The second-order valence-electron chi connectivity index (χ2n) is 6.22. The SMILES string of the molecule is CCc1nsc(NCC(C)CN(C)C(=O)OC(C)(C)C)n1. The molecule has 0 bridgehead atoms. The third-order valence-corrected chi connectivity index (χ3v) is 3.39.